The van der Waals surface area contributed by atoms with Crippen molar-refractivity contribution in [3.8, 4) is 0 Å². The van der Waals surface area contributed by atoms with Crippen LogP contribution in [0, 0.1) is 13.8 Å². The largest absolute Gasteiger partial charge is 0.449 e. The number of hydrogen-bond donors (Lipinski definition) is 2. The molecular weight excluding hydrogens is 464 g/mol. The zero-order chi connectivity index (χ0) is 24.2. The first-order valence-electron chi connectivity index (χ1n) is 10.0. The normalized spacial score (nSPS) is 12.0. The highest BCUT2D eigenvalue weighted by molar-refractivity contribution is 7.92. The molecule has 1 atom stereocenters. The average Bonchev–Trinajstić information content (AvgIpc) is 2.76. The van der Waals surface area contributed by atoms with Crippen LogP contribution in [-0.2, 0) is 19.6 Å². The average molecular weight is 487 g/mol. The van der Waals surface area contributed by atoms with Crippen LogP contribution in [0.1, 0.15) is 28.4 Å². The van der Waals surface area contributed by atoms with Crippen LogP contribution in [0.2, 0.25) is 5.02 Å². The van der Waals surface area contributed by atoms with Crippen molar-refractivity contribution in [2.75, 3.05) is 10.0 Å². The second-order valence-corrected chi connectivity index (χ2v) is 9.49. The number of hydrogen-bond acceptors (Lipinski definition) is 5. The maximum atomic E-state index is 13.0. The molecule has 0 aromatic heterocycles. The first-order chi connectivity index (χ1) is 15.6. The minimum Gasteiger partial charge on any atom is -0.449 e. The van der Waals surface area contributed by atoms with Gasteiger partial charge in [-0.15, -0.1) is 0 Å². The number of anilines is 2. The van der Waals surface area contributed by atoms with E-state index >= 15 is 0 Å². The summed E-state index contributed by atoms with van der Waals surface area (Å²) in [5.74, 6) is -1.43. The quantitative estimate of drug-likeness (QED) is 0.460. The summed E-state index contributed by atoms with van der Waals surface area (Å²) in [4.78, 5) is 25.3. The van der Waals surface area contributed by atoms with Gasteiger partial charge in [0.2, 0.25) is 0 Å². The third-order valence-electron chi connectivity index (χ3n) is 4.81. The number of esters is 1. The minimum atomic E-state index is -3.96. The first-order valence-corrected chi connectivity index (χ1v) is 11.9. The molecule has 1 unspecified atom stereocenters. The van der Waals surface area contributed by atoms with Crippen molar-refractivity contribution in [1.29, 1.82) is 0 Å². The Labute approximate surface area is 197 Å². The molecule has 3 aromatic rings. The Kier molecular flexibility index (Phi) is 7.40. The number of ether oxygens (including phenoxy) is 1. The molecule has 9 heteroatoms. The van der Waals surface area contributed by atoms with Gasteiger partial charge in [0, 0.05) is 0 Å². The Hall–Kier alpha value is -3.36. The van der Waals surface area contributed by atoms with E-state index in [9.17, 15) is 18.0 Å². The monoisotopic (exact) mass is 486 g/mol. The van der Waals surface area contributed by atoms with Gasteiger partial charge in [-0.1, -0.05) is 48.0 Å². The summed E-state index contributed by atoms with van der Waals surface area (Å²) in [7, 11) is -3.96. The fourth-order valence-corrected chi connectivity index (χ4v) is 4.61. The smallest absolute Gasteiger partial charge is 0.341 e. The van der Waals surface area contributed by atoms with E-state index in [1.807, 2.05) is 6.07 Å². The number of rotatable bonds is 7. The molecule has 7 nitrogen and oxygen atoms in total. The lowest BCUT2D eigenvalue weighted by Gasteiger charge is -2.17. The van der Waals surface area contributed by atoms with Crippen LogP contribution in [-0.4, -0.2) is 26.4 Å². The van der Waals surface area contributed by atoms with Gasteiger partial charge in [0.25, 0.3) is 15.9 Å². The summed E-state index contributed by atoms with van der Waals surface area (Å²) in [6.45, 7) is 4.89. The fourth-order valence-electron chi connectivity index (χ4n) is 3.02. The first kappa shape index (κ1) is 24.3. The maximum absolute atomic E-state index is 13.0. The summed E-state index contributed by atoms with van der Waals surface area (Å²) in [6.07, 6.45) is -1.16. The Bertz CT molecular complexity index is 1310. The Morgan fingerprint density at radius 3 is 2.27 bits per heavy atom. The molecular formula is C24H23ClN2O5S. The molecule has 1 amide bonds. The molecule has 3 aromatic carbocycles. The molecule has 3 rings (SSSR count). The van der Waals surface area contributed by atoms with Gasteiger partial charge in [-0.05, 0) is 62.2 Å². The molecule has 0 heterocycles. The molecule has 0 radical (unpaired) electrons. The van der Waals surface area contributed by atoms with E-state index in [2.05, 4.69) is 10.0 Å². The number of benzene rings is 3. The highest BCUT2D eigenvalue weighted by Gasteiger charge is 2.24. The molecule has 0 fully saturated rings. The van der Waals surface area contributed by atoms with E-state index in [0.29, 0.717) is 16.3 Å². The second kappa shape index (κ2) is 10.1. The van der Waals surface area contributed by atoms with Crippen LogP contribution in [0.5, 0.6) is 0 Å². The zero-order valence-electron chi connectivity index (χ0n) is 18.3. The van der Waals surface area contributed by atoms with Gasteiger partial charge in [0.1, 0.15) is 0 Å². The van der Waals surface area contributed by atoms with Gasteiger partial charge >= 0.3 is 5.97 Å². The van der Waals surface area contributed by atoms with Crippen molar-refractivity contribution >= 4 is 44.9 Å². The molecule has 0 aliphatic carbocycles. The van der Waals surface area contributed by atoms with Crippen LogP contribution >= 0.6 is 11.6 Å². The predicted octanol–water partition coefficient (Wildman–Crippen LogP) is 4.94. The van der Waals surface area contributed by atoms with E-state index in [1.54, 1.807) is 62.4 Å². The number of halogens is 1. The maximum Gasteiger partial charge on any atom is 0.341 e. The van der Waals surface area contributed by atoms with Gasteiger partial charge in [-0.3, -0.25) is 9.52 Å². The van der Waals surface area contributed by atoms with Gasteiger partial charge in [-0.25, -0.2) is 13.2 Å². The van der Waals surface area contributed by atoms with E-state index in [-0.39, 0.29) is 16.1 Å². The molecule has 33 heavy (non-hydrogen) atoms. The third-order valence-corrected chi connectivity index (χ3v) is 6.65. The van der Waals surface area contributed by atoms with Crippen LogP contribution in [0.3, 0.4) is 0 Å². The van der Waals surface area contributed by atoms with E-state index in [4.69, 9.17) is 16.3 Å². The van der Waals surface area contributed by atoms with Gasteiger partial charge in [0.05, 0.1) is 26.9 Å². The van der Waals surface area contributed by atoms with Crippen molar-refractivity contribution in [3.63, 3.8) is 0 Å². The number of amides is 1. The molecule has 0 saturated heterocycles. The third kappa shape index (κ3) is 5.91. The van der Waals surface area contributed by atoms with Crippen molar-refractivity contribution in [3.05, 3.63) is 88.4 Å². The van der Waals surface area contributed by atoms with Crippen molar-refractivity contribution in [2.45, 2.75) is 31.8 Å². The van der Waals surface area contributed by atoms with Crippen molar-refractivity contribution in [2.24, 2.45) is 0 Å². The topological polar surface area (TPSA) is 102 Å². The zero-order valence-corrected chi connectivity index (χ0v) is 19.8. The molecule has 0 spiro atoms. The molecule has 0 aliphatic heterocycles. The Morgan fingerprint density at radius 1 is 0.939 bits per heavy atom. The second-order valence-electron chi connectivity index (χ2n) is 7.44. The standard InChI is InChI=1S/C24H23ClN2O5S/c1-15-12-13-16(2)22(14-15)33(30,31)27-20-10-6-4-8-18(20)24(29)32-17(3)23(28)26-21-11-7-5-9-19(21)25/h4-14,17,27H,1-3H3,(H,26,28). The molecule has 172 valence electrons. The van der Waals surface area contributed by atoms with Crippen LogP contribution in [0.15, 0.2) is 71.6 Å². The number of nitrogens with one attached hydrogen (secondary N) is 2. The Morgan fingerprint density at radius 2 is 1.58 bits per heavy atom. The summed E-state index contributed by atoms with van der Waals surface area (Å²) >= 11 is 6.04. The number of aryl methyl sites for hydroxylation is 2. The summed E-state index contributed by atoms with van der Waals surface area (Å²) in [6, 6.07) is 17.8. The van der Waals surface area contributed by atoms with Gasteiger partial charge in [0.15, 0.2) is 6.10 Å². The van der Waals surface area contributed by atoms with Gasteiger partial charge < -0.3 is 10.1 Å². The lowest BCUT2D eigenvalue weighted by molar-refractivity contribution is -0.123. The molecule has 0 bridgehead atoms. The van der Waals surface area contributed by atoms with Crippen LogP contribution in [0.4, 0.5) is 11.4 Å². The summed E-state index contributed by atoms with van der Waals surface area (Å²) in [5.41, 5.74) is 1.75. The summed E-state index contributed by atoms with van der Waals surface area (Å²) < 4.78 is 33.7. The molecule has 0 aliphatic rings. The lowest BCUT2D eigenvalue weighted by Crippen LogP contribution is -2.30. The SMILES string of the molecule is Cc1ccc(C)c(S(=O)(=O)Nc2ccccc2C(=O)OC(C)C(=O)Nc2ccccc2Cl)c1. The van der Waals surface area contributed by atoms with Crippen LogP contribution < -0.4 is 10.0 Å². The fraction of sp³-hybridized carbons (Fsp3) is 0.167. The van der Waals surface area contributed by atoms with Gasteiger partial charge in [-0.2, -0.15) is 0 Å². The number of para-hydroxylation sites is 2. The predicted molar refractivity (Wildman–Crippen MR) is 128 cm³/mol. The highest BCUT2D eigenvalue weighted by Crippen LogP contribution is 2.24. The lowest BCUT2D eigenvalue weighted by atomic mass is 10.2. The van der Waals surface area contributed by atoms with E-state index in [0.717, 1.165) is 5.56 Å². The van der Waals surface area contributed by atoms with E-state index in [1.165, 1.54) is 19.1 Å². The summed E-state index contributed by atoms with van der Waals surface area (Å²) in [5, 5.41) is 2.94. The van der Waals surface area contributed by atoms with Crippen LogP contribution in [0.25, 0.3) is 0 Å². The Balaban J connectivity index is 1.78. The van der Waals surface area contributed by atoms with Crippen molar-refractivity contribution < 1.29 is 22.7 Å². The number of carbonyl (C=O) groups excluding carboxylic acids is 2. The van der Waals surface area contributed by atoms with Crippen molar-refractivity contribution in [1.82, 2.24) is 0 Å². The minimum absolute atomic E-state index is 0.0243. The van der Waals surface area contributed by atoms with E-state index < -0.39 is 28.0 Å². The molecule has 2 N–H and O–H groups in total. The number of sulfonamides is 1. The highest BCUT2D eigenvalue weighted by atomic mass is 35.5. The molecule has 0 saturated carbocycles. The number of carbonyl (C=O) groups is 2.